The van der Waals surface area contributed by atoms with Gasteiger partial charge in [0.2, 0.25) is 5.76 Å². The minimum absolute atomic E-state index is 0.0480. The van der Waals surface area contributed by atoms with E-state index < -0.39 is 22.7 Å². The molecule has 2 N–H and O–H groups in total. The summed E-state index contributed by atoms with van der Waals surface area (Å²) in [5, 5.41) is 18.5. The van der Waals surface area contributed by atoms with Gasteiger partial charge in [0.1, 0.15) is 4.88 Å². The number of hydrogen-bond donors (Lipinski definition) is 2. The van der Waals surface area contributed by atoms with E-state index in [9.17, 15) is 24.5 Å². The molecule has 14 heteroatoms. The number of nitro groups is 1. The van der Waals surface area contributed by atoms with Gasteiger partial charge in [-0.05, 0) is 73.2 Å². The minimum Gasteiger partial charge on any atom is -0.490 e. The first-order chi connectivity index (χ1) is 21.2. The van der Waals surface area contributed by atoms with Crippen molar-refractivity contribution in [2.45, 2.75) is 6.92 Å². The number of nitro benzene ring substituents is 1. The lowest BCUT2D eigenvalue weighted by molar-refractivity contribution is -0.384. The second-order valence-electron chi connectivity index (χ2n) is 8.92. The van der Waals surface area contributed by atoms with E-state index in [2.05, 4.69) is 15.8 Å². The van der Waals surface area contributed by atoms with Crippen molar-refractivity contribution in [2.75, 3.05) is 11.9 Å². The quantitative estimate of drug-likeness (QED) is 0.0565. The first kappa shape index (κ1) is 29.9. The molecular formula is C30H21ClN4O8S. The van der Waals surface area contributed by atoms with Crippen LogP contribution in [-0.2, 0) is 0 Å². The summed E-state index contributed by atoms with van der Waals surface area (Å²) in [6.07, 6.45) is 2.76. The number of carbonyl (C=O) groups excluding carboxylic acids is 3. The Morgan fingerprint density at radius 1 is 1.05 bits per heavy atom. The maximum Gasteiger partial charge on any atom is 0.379 e. The molecule has 3 aromatic carbocycles. The maximum absolute atomic E-state index is 12.9. The number of esters is 1. The van der Waals surface area contributed by atoms with Crippen LogP contribution in [0, 0.1) is 10.1 Å². The second kappa shape index (κ2) is 13.2. The number of amides is 2. The van der Waals surface area contributed by atoms with Crippen molar-refractivity contribution in [3.05, 3.63) is 116 Å². The Morgan fingerprint density at radius 2 is 1.84 bits per heavy atom. The number of nitrogens with one attached hydrogen (secondary N) is 2. The number of hydrazone groups is 1. The number of furan rings is 1. The van der Waals surface area contributed by atoms with Crippen molar-refractivity contribution in [1.29, 1.82) is 0 Å². The third-order valence-electron chi connectivity index (χ3n) is 6.01. The molecule has 0 spiro atoms. The molecule has 2 amide bonds. The molecular weight excluding hydrogens is 612 g/mol. The Morgan fingerprint density at radius 3 is 2.55 bits per heavy atom. The largest absolute Gasteiger partial charge is 0.490 e. The number of ether oxygens (including phenoxy) is 2. The number of thiophene rings is 1. The number of non-ortho nitro benzene ring substituents is 1. The summed E-state index contributed by atoms with van der Waals surface area (Å²) in [7, 11) is 0. The second-order valence-corrected chi connectivity index (χ2v) is 10.3. The summed E-state index contributed by atoms with van der Waals surface area (Å²) in [6.45, 7) is 2.10. The molecule has 0 bridgehead atoms. The SMILES string of the molecule is CCOc1cc(/C=N\NC(=O)c2ccc(NC(=O)c3sc4cc([N+](=O)[O-])ccc4c3Cl)cc2)ccc1OC(=O)c1ccco1. The molecule has 0 radical (unpaired) electrons. The van der Waals surface area contributed by atoms with Gasteiger partial charge in [0.05, 0.1) is 29.0 Å². The number of hydrogen-bond acceptors (Lipinski definition) is 10. The van der Waals surface area contributed by atoms with E-state index in [-0.39, 0.29) is 32.7 Å². The van der Waals surface area contributed by atoms with Gasteiger partial charge in [0.15, 0.2) is 11.5 Å². The molecule has 5 aromatic rings. The van der Waals surface area contributed by atoms with Crippen LogP contribution in [0.25, 0.3) is 10.1 Å². The molecule has 5 rings (SSSR count). The van der Waals surface area contributed by atoms with Gasteiger partial charge in [-0.1, -0.05) is 11.6 Å². The van der Waals surface area contributed by atoms with Crippen LogP contribution >= 0.6 is 22.9 Å². The standard InChI is InChI=1S/C30H21ClN4O8S/c1-2-41-24-14-17(5-12-22(24)43-30(38)23-4-3-13-42-23)16-32-34-28(36)18-6-8-19(9-7-18)33-29(37)27-26(31)21-11-10-20(35(39)40)15-25(21)44-27/h3-16H,2H2,1H3,(H,33,37)(H,34,36)/b32-16-. The molecule has 0 aliphatic heterocycles. The van der Waals surface area contributed by atoms with E-state index in [4.69, 9.17) is 25.5 Å². The predicted octanol–water partition coefficient (Wildman–Crippen LogP) is 6.69. The van der Waals surface area contributed by atoms with Gasteiger partial charge in [0.25, 0.3) is 17.5 Å². The Labute approximate surface area is 258 Å². The van der Waals surface area contributed by atoms with Gasteiger partial charge >= 0.3 is 5.97 Å². The highest BCUT2D eigenvalue weighted by Crippen LogP contribution is 2.37. The Hall–Kier alpha value is -5.53. The number of halogens is 1. The summed E-state index contributed by atoms with van der Waals surface area (Å²) >= 11 is 7.41. The van der Waals surface area contributed by atoms with Gasteiger partial charge in [-0.2, -0.15) is 5.10 Å². The van der Waals surface area contributed by atoms with Crippen LogP contribution in [-0.4, -0.2) is 35.5 Å². The first-order valence-corrected chi connectivity index (χ1v) is 14.1. The summed E-state index contributed by atoms with van der Waals surface area (Å²) in [5.74, 6) is -1.12. The first-order valence-electron chi connectivity index (χ1n) is 12.9. The predicted molar refractivity (Wildman–Crippen MR) is 164 cm³/mol. The van der Waals surface area contributed by atoms with E-state index in [1.54, 1.807) is 37.3 Å². The Kier molecular flexibility index (Phi) is 8.98. The van der Waals surface area contributed by atoms with Crippen LogP contribution in [0.15, 0.2) is 88.6 Å². The van der Waals surface area contributed by atoms with Crippen molar-refractivity contribution >= 4 is 68.4 Å². The zero-order valence-corrected chi connectivity index (χ0v) is 24.3. The Balaban J connectivity index is 1.20. The van der Waals surface area contributed by atoms with Gasteiger partial charge < -0.3 is 19.2 Å². The zero-order chi connectivity index (χ0) is 31.2. The number of benzene rings is 3. The summed E-state index contributed by atoms with van der Waals surface area (Å²) < 4.78 is 16.5. The molecule has 12 nitrogen and oxygen atoms in total. The van der Waals surface area contributed by atoms with E-state index in [1.165, 1.54) is 54.9 Å². The topological polar surface area (TPSA) is 162 Å². The van der Waals surface area contributed by atoms with Gasteiger partial charge in [-0.3, -0.25) is 19.7 Å². The van der Waals surface area contributed by atoms with E-state index >= 15 is 0 Å². The highest BCUT2D eigenvalue weighted by Gasteiger charge is 2.20. The smallest absolute Gasteiger partial charge is 0.379 e. The molecule has 0 atom stereocenters. The van der Waals surface area contributed by atoms with Crippen LogP contribution in [0.2, 0.25) is 5.02 Å². The van der Waals surface area contributed by atoms with Crippen LogP contribution in [0.1, 0.15) is 43.1 Å². The molecule has 2 aromatic heterocycles. The number of anilines is 1. The fourth-order valence-electron chi connectivity index (χ4n) is 3.94. The molecule has 44 heavy (non-hydrogen) atoms. The lowest BCUT2D eigenvalue weighted by atomic mass is 10.2. The van der Waals surface area contributed by atoms with E-state index in [0.717, 1.165) is 11.3 Å². The van der Waals surface area contributed by atoms with Crippen LogP contribution in [0.3, 0.4) is 0 Å². The molecule has 0 saturated carbocycles. The highest BCUT2D eigenvalue weighted by atomic mass is 35.5. The van der Waals surface area contributed by atoms with E-state index in [0.29, 0.717) is 33.7 Å². The number of rotatable bonds is 10. The molecule has 0 unspecified atom stereocenters. The highest BCUT2D eigenvalue weighted by molar-refractivity contribution is 7.21. The summed E-state index contributed by atoms with van der Waals surface area (Å²) in [4.78, 5) is 48.4. The van der Waals surface area contributed by atoms with Crippen LogP contribution < -0.4 is 20.2 Å². The van der Waals surface area contributed by atoms with Crippen molar-refractivity contribution in [2.24, 2.45) is 5.10 Å². The van der Waals surface area contributed by atoms with Gasteiger partial charge in [-0.15, -0.1) is 11.3 Å². The lowest BCUT2D eigenvalue weighted by Crippen LogP contribution is -2.17. The summed E-state index contributed by atoms with van der Waals surface area (Å²) in [6, 6.07) is 18.1. The number of fused-ring (bicyclic) bond motifs is 1. The molecule has 0 fully saturated rings. The molecule has 0 aliphatic carbocycles. The minimum atomic E-state index is -0.674. The van der Waals surface area contributed by atoms with Crippen LogP contribution in [0.4, 0.5) is 11.4 Å². The lowest BCUT2D eigenvalue weighted by Gasteiger charge is -2.10. The maximum atomic E-state index is 12.9. The summed E-state index contributed by atoms with van der Waals surface area (Å²) in [5.41, 5.74) is 3.58. The van der Waals surface area contributed by atoms with Crippen LogP contribution in [0.5, 0.6) is 11.5 Å². The Bertz CT molecular complexity index is 1900. The monoisotopic (exact) mass is 632 g/mol. The van der Waals surface area contributed by atoms with Gasteiger partial charge in [-0.25, -0.2) is 10.2 Å². The fourth-order valence-corrected chi connectivity index (χ4v) is 5.38. The van der Waals surface area contributed by atoms with Crippen molar-refractivity contribution in [1.82, 2.24) is 5.43 Å². The van der Waals surface area contributed by atoms with Gasteiger partial charge in [0, 0.05) is 33.5 Å². The van der Waals surface area contributed by atoms with E-state index in [1.807, 2.05) is 0 Å². The normalized spacial score (nSPS) is 11.0. The van der Waals surface area contributed by atoms with Crippen molar-refractivity contribution in [3.8, 4) is 11.5 Å². The third-order valence-corrected chi connectivity index (χ3v) is 7.66. The molecule has 2 heterocycles. The zero-order valence-electron chi connectivity index (χ0n) is 22.7. The molecule has 222 valence electrons. The third kappa shape index (κ3) is 6.75. The molecule has 0 aliphatic rings. The average molecular weight is 633 g/mol. The molecule has 0 saturated heterocycles. The number of nitrogens with zero attached hydrogens (tertiary/aromatic N) is 2. The fraction of sp³-hybridized carbons (Fsp3) is 0.0667. The number of carbonyl (C=O) groups is 3. The van der Waals surface area contributed by atoms with Crippen molar-refractivity contribution < 1.29 is 33.2 Å². The van der Waals surface area contributed by atoms with Crippen molar-refractivity contribution in [3.63, 3.8) is 0 Å². The average Bonchev–Trinajstić information content (AvgIpc) is 3.67.